The van der Waals surface area contributed by atoms with Gasteiger partial charge in [0.25, 0.3) is 0 Å². The van der Waals surface area contributed by atoms with E-state index in [-0.39, 0.29) is 10.9 Å². The van der Waals surface area contributed by atoms with Gasteiger partial charge in [-0.1, -0.05) is 23.7 Å². The maximum absolute atomic E-state index is 13.1. The zero-order chi connectivity index (χ0) is 16.8. The Bertz CT molecular complexity index is 690. The summed E-state index contributed by atoms with van der Waals surface area (Å²) in [7, 11) is 0. The summed E-state index contributed by atoms with van der Waals surface area (Å²) in [5, 5.41) is 3.15. The average molecular weight is 335 g/mol. The molecule has 0 radical (unpaired) electrons. The number of nitrogens with zero attached hydrogens (tertiary/aromatic N) is 1. The predicted octanol–water partition coefficient (Wildman–Crippen LogP) is 4.64. The lowest BCUT2D eigenvalue weighted by atomic mass is 10.2. The van der Waals surface area contributed by atoms with Gasteiger partial charge in [0.15, 0.2) is 0 Å². The maximum Gasteiger partial charge on any atom is 0.228 e. The van der Waals surface area contributed by atoms with E-state index >= 15 is 0 Å². The number of aryl methyl sites for hydroxylation is 1. The number of rotatable bonds is 6. The first kappa shape index (κ1) is 17.3. The van der Waals surface area contributed by atoms with Crippen LogP contribution in [0, 0.1) is 12.7 Å². The number of anilines is 2. The summed E-state index contributed by atoms with van der Waals surface area (Å²) in [4.78, 5) is 14.2. The Labute approximate surface area is 141 Å². The normalized spacial score (nSPS) is 10.4. The van der Waals surface area contributed by atoms with Crippen LogP contribution in [0.25, 0.3) is 0 Å². The molecule has 3 nitrogen and oxygen atoms in total. The maximum atomic E-state index is 13.1. The van der Waals surface area contributed by atoms with Gasteiger partial charge in [0.05, 0.1) is 5.02 Å². The molecule has 0 aliphatic carbocycles. The van der Waals surface area contributed by atoms with Crippen LogP contribution in [-0.4, -0.2) is 19.0 Å². The van der Waals surface area contributed by atoms with Gasteiger partial charge in [0.1, 0.15) is 5.82 Å². The van der Waals surface area contributed by atoms with E-state index < -0.39 is 5.82 Å². The summed E-state index contributed by atoms with van der Waals surface area (Å²) in [6.45, 7) is 5.03. The number of nitrogens with one attached hydrogen (secondary N) is 1. The lowest BCUT2D eigenvalue weighted by Crippen LogP contribution is -2.31. The first-order valence-corrected chi connectivity index (χ1v) is 7.95. The van der Waals surface area contributed by atoms with Crippen LogP contribution in [0.1, 0.15) is 18.9 Å². The molecular weight excluding hydrogens is 315 g/mol. The summed E-state index contributed by atoms with van der Waals surface area (Å²) in [6.07, 6.45) is 0.344. The van der Waals surface area contributed by atoms with E-state index in [4.69, 9.17) is 11.6 Å². The molecule has 122 valence electrons. The molecule has 0 saturated heterocycles. The molecule has 0 unspecified atom stereocenters. The van der Waals surface area contributed by atoms with E-state index in [0.29, 0.717) is 25.2 Å². The molecule has 0 heterocycles. The third-order valence-corrected chi connectivity index (χ3v) is 3.81. The highest BCUT2D eigenvalue weighted by Crippen LogP contribution is 2.20. The predicted molar refractivity (Wildman–Crippen MR) is 93.7 cm³/mol. The molecule has 5 heteroatoms. The quantitative estimate of drug-likeness (QED) is 0.834. The molecule has 0 aromatic heterocycles. The molecule has 0 aliphatic rings. The van der Waals surface area contributed by atoms with Crippen molar-refractivity contribution in [3.05, 3.63) is 58.9 Å². The van der Waals surface area contributed by atoms with Crippen LogP contribution in [0.15, 0.2) is 42.5 Å². The molecule has 23 heavy (non-hydrogen) atoms. The van der Waals surface area contributed by atoms with Crippen molar-refractivity contribution in [3.8, 4) is 0 Å². The van der Waals surface area contributed by atoms with Gasteiger partial charge in [0, 0.05) is 30.9 Å². The Kier molecular flexibility index (Phi) is 5.99. The molecule has 0 saturated carbocycles. The van der Waals surface area contributed by atoms with Crippen molar-refractivity contribution in [2.45, 2.75) is 20.3 Å². The van der Waals surface area contributed by atoms with Crippen molar-refractivity contribution in [3.63, 3.8) is 0 Å². The third kappa shape index (κ3) is 4.70. The Morgan fingerprint density at radius 2 is 2.04 bits per heavy atom. The monoisotopic (exact) mass is 334 g/mol. The first-order valence-electron chi connectivity index (χ1n) is 7.57. The minimum Gasteiger partial charge on any atom is -0.384 e. The molecule has 1 amide bonds. The number of amides is 1. The minimum absolute atomic E-state index is 0.0406. The number of hydrogen-bond donors (Lipinski definition) is 1. The van der Waals surface area contributed by atoms with E-state index in [1.165, 1.54) is 12.1 Å². The summed E-state index contributed by atoms with van der Waals surface area (Å²) < 4.78 is 13.1. The molecule has 0 bridgehead atoms. The number of carbonyl (C=O) groups excluding carboxylic acids is 1. The molecule has 0 fully saturated rings. The second-order valence-electron chi connectivity index (χ2n) is 5.28. The Balaban J connectivity index is 1.93. The zero-order valence-corrected chi connectivity index (χ0v) is 14.0. The number of halogens is 2. The van der Waals surface area contributed by atoms with Crippen molar-refractivity contribution in [1.82, 2.24) is 0 Å². The fourth-order valence-corrected chi connectivity index (χ4v) is 2.53. The zero-order valence-electron chi connectivity index (χ0n) is 13.3. The van der Waals surface area contributed by atoms with Gasteiger partial charge < -0.3 is 10.2 Å². The van der Waals surface area contributed by atoms with Crippen molar-refractivity contribution in [1.29, 1.82) is 0 Å². The number of benzene rings is 2. The van der Waals surface area contributed by atoms with Gasteiger partial charge in [-0.05, 0) is 49.7 Å². The standard InChI is InChI=1S/C18H20ClFN2O/c1-3-22(15-6-4-5-13(2)11-15)18(23)9-10-21-14-7-8-17(20)16(19)12-14/h4-8,11-12,21H,3,9-10H2,1-2H3. The lowest BCUT2D eigenvalue weighted by molar-refractivity contribution is -0.118. The van der Waals surface area contributed by atoms with Crippen LogP contribution < -0.4 is 10.2 Å². The smallest absolute Gasteiger partial charge is 0.228 e. The fourth-order valence-electron chi connectivity index (χ4n) is 2.35. The number of hydrogen-bond acceptors (Lipinski definition) is 2. The van der Waals surface area contributed by atoms with Crippen molar-refractivity contribution >= 4 is 28.9 Å². The topological polar surface area (TPSA) is 32.3 Å². The molecule has 2 aromatic rings. The highest BCUT2D eigenvalue weighted by Gasteiger charge is 2.13. The molecular formula is C18H20ClFN2O. The van der Waals surface area contributed by atoms with Gasteiger partial charge in [-0.15, -0.1) is 0 Å². The Morgan fingerprint density at radius 3 is 2.70 bits per heavy atom. The van der Waals surface area contributed by atoms with Crippen LogP contribution in [-0.2, 0) is 4.79 Å². The van der Waals surface area contributed by atoms with Gasteiger partial charge in [-0.3, -0.25) is 4.79 Å². The largest absolute Gasteiger partial charge is 0.384 e. The van der Waals surface area contributed by atoms with E-state index in [9.17, 15) is 9.18 Å². The molecule has 2 rings (SSSR count). The highest BCUT2D eigenvalue weighted by molar-refractivity contribution is 6.31. The van der Waals surface area contributed by atoms with E-state index in [1.54, 1.807) is 11.0 Å². The molecule has 0 spiro atoms. The second kappa shape index (κ2) is 7.97. The van der Waals surface area contributed by atoms with Gasteiger partial charge >= 0.3 is 0 Å². The van der Waals surface area contributed by atoms with Crippen molar-refractivity contribution in [2.75, 3.05) is 23.3 Å². The highest BCUT2D eigenvalue weighted by atomic mass is 35.5. The van der Waals surface area contributed by atoms with E-state index in [2.05, 4.69) is 5.32 Å². The second-order valence-corrected chi connectivity index (χ2v) is 5.69. The molecule has 0 atom stereocenters. The van der Waals surface area contributed by atoms with Crippen LogP contribution in [0.4, 0.5) is 15.8 Å². The lowest BCUT2D eigenvalue weighted by Gasteiger charge is -2.21. The summed E-state index contributed by atoms with van der Waals surface area (Å²) in [6, 6.07) is 12.3. The van der Waals surface area contributed by atoms with Gasteiger partial charge in [0.2, 0.25) is 5.91 Å². The Hall–Kier alpha value is -2.07. The van der Waals surface area contributed by atoms with Crippen LogP contribution in [0.5, 0.6) is 0 Å². The van der Waals surface area contributed by atoms with Crippen molar-refractivity contribution in [2.24, 2.45) is 0 Å². The summed E-state index contributed by atoms with van der Waals surface area (Å²) in [5.74, 6) is -0.413. The first-order chi connectivity index (χ1) is 11.0. The van der Waals surface area contributed by atoms with Gasteiger partial charge in [-0.25, -0.2) is 4.39 Å². The molecule has 1 N–H and O–H groups in total. The minimum atomic E-state index is -0.454. The molecule has 2 aromatic carbocycles. The van der Waals surface area contributed by atoms with Crippen molar-refractivity contribution < 1.29 is 9.18 Å². The third-order valence-electron chi connectivity index (χ3n) is 3.52. The van der Waals surface area contributed by atoms with Gasteiger partial charge in [-0.2, -0.15) is 0 Å². The Morgan fingerprint density at radius 1 is 1.26 bits per heavy atom. The molecule has 0 aliphatic heterocycles. The van der Waals surface area contributed by atoms with Crippen LogP contribution in [0.3, 0.4) is 0 Å². The SMILES string of the molecule is CCN(C(=O)CCNc1ccc(F)c(Cl)c1)c1cccc(C)c1. The van der Waals surface area contributed by atoms with Crippen LogP contribution >= 0.6 is 11.6 Å². The van der Waals surface area contributed by atoms with E-state index in [1.807, 2.05) is 38.1 Å². The fraction of sp³-hybridized carbons (Fsp3) is 0.278. The van der Waals surface area contributed by atoms with E-state index in [0.717, 1.165) is 11.3 Å². The summed E-state index contributed by atoms with van der Waals surface area (Å²) >= 11 is 5.73. The van der Waals surface area contributed by atoms with Crippen LogP contribution in [0.2, 0.25) is 5.02 Å². The summed E-state index contributed by atoms with van der Waals surface area (Å²) in [5.41, 5.74) is 2.72. The number of carbonyl (C=O) groups is 1. The average Bonchev–Trinajstić information content (AvgIpc) is 2.52.